The molecule has 0 N–H and O–H groups in total. The molecule has 2 heteroatoms. The summed E-state index contributed by atoms with van der Waals surface area (Å²) in [7, 11) is 0. The summed E-state index contributed by atoms with van der Waals surface area (Å²) in [5, 5.41) is 0. The standard InChI is InChI=1S/C47H76O2/c1-4-6-8-14-40-20-24-42(25-21-40)16-10-12-18-44-28-32-46(33-29-44)37-48-36-39(3)49-38-47-34-30-45(31-35-47)19-13-11-17-43-26-22-41(23-27-43)15-9-7-5-2/h28-35,39-43H,4-27,36-38H2,1-3H3/t39-,40-,41-,42-,43-/m1/s1. The Kier molecular flexibility index (Phi) is 20.1. The minimum absolute atomic E-state index is 0.0847. The van der Waals surface area contributed by atoms with Gasteiger partial charge in [-0.1, -0.05) is 191 Å². The van der Waals surface area contributed by atoms with Gasteiger partial charge in [0.2, 0.25) is 0 Å². The van der Waals surface area contributed by atoms with Gasteiger partial charge in [0.05, 0.1) is 25.9 Å². The van der Waals surface area contributed by atoms with Gasteiger partial charge in [-0.25, -0.2) is 0 Å². The third kappa shape index (κ3) is 17.0. The van der Waals surface area contributed by atoms with Crippen molar-refractivity contribution in [3.05, 3.63) is 70.8 Å². The molecule has 2 aromatic rings. The van der Waals surface area contributed by atoms with E-state index in [9.17, 15) is 0 Å². The Morgan fingerprint density at radius 3 is 1.20 bits per heavy atom. The van der Waals surface area contributed by atoms with Crippen molar-refractivity contribution in [1.29, 1.82) is 0 Å². The van der Waals surface area contributed by atoms with Crippen molar-refractivity contribution < 1.29 is 9.47 Å². The number of rotatable bonds is 25. The van der Waals surface area contributed by atoms with Gasteiger partial charge in [0.25, 0.3) is 0 Å². The Hall–Kier alpha value is -1.64. The molecule has 2 fully saturated rings. The predicted molar refractivity (Wildman–Crippen MR) is 211 cm³/mol. The van der Waals surface area contributed by atoms with Crippen molar-refractivity contribution in [2.45, 2.75) is 194 Å². The summed E-state index contributed by atoms with van der Waals surface area (Å²) in [6, 6.07) is 18.3. The molecule has 2 aromatic carbocycles. The first kappa shape index (κ1) is 40.1. The summed E-state index contributed by atoms with van der Waals surface area (Å²) in [5.74, 6) is 4.07. The Bertz CT molecular complexity index is 1060. The van der Waals surface area contributed by atoms with Crippen LogP contribution in [0.3, 0.4) is 0 Å². The van der Waals surface area contributed by atoms with Crippen LogP contribution < -0.4 is 0 Å². The highest BCUT2D eigenvalue weighted by Gasteiger charge is 2.21. The fourth-order valence-electron chi connectivity index (χ4n) is 8.74. The normalized spacial score (nSPS) is 21.9. The van der Waals surface area contributed by atoms with Crippen LogP contribution in [0, 0.1) is 23.7 Å². The Morgan fingerprint density at radius 2 is 0.816 bits per heavy atom. The molecular formula is C47H76O2. The summed E-state index contributed by atoms with van der Waals surface area (Å²) in [6.45, 7) is 8.69. The number of ether oxygens (including phenoxy) is 2. The van der Waals surface area contributed by atoms with Gasteiger partial charge in [-0.15, -0.1) is 0 Å². The highest BCUT2D eigenvalue weighted by molar-refractivity contribution is 5.23. The van der Waals surface area contributed by atoms with Crippen LogP contribution in [0.4, 0.5) is 0 Å². The number of benzene rings is 2. The molecule has 0 unspecified atom stereocenters. The van der Waals surface area contributed by atoms with Crippen LogP contribution in [0.5, 0.6) is 0 Å². The molecule has 0 saturated heterocycles. The zero-order valence-corrected chi connectivity index (χ0v) is 32.4. The fraction of sp³-hybridized carbons (Fsp3) is 0.745. The summed E-state index contributed by atoms with van der Waals surface area (Å²) >= 11 is 0. The molecule has 1 atom stereocenters. The monoisotopic (exact) mass is 673 g/mol. The summed E-state index contributed by atoms with van der Waals surface area (Å²) in [4.78, 5) is 0. The van der Waals surface area contributed by atoms with E-state index in [4.69, 9.17) is 9.47 Å². The van der Waals surface area contributed by atoms with Crippen LogP contribution in [0.1, 0.15) is 184 Å². The van der Waals surface area contributed by atoms with E-state index in [0.717, 1.165) is 23.7 Å². The molecule has 0 heterocycles. The molecule has 2 saturated carbocycles. The Morgan fingerprint density at radius 1 is 0.469 bits per heavy atom. The number of aryl methyl sites for hydroxylation is 2. The van der Waals surface area contributed by atoms with Gasteiger partial charge in [0.1, 0.15) is 0 Å². The summed E-state index contributed by atoms with van der Waals surface area (Å²) in [5.41, 5.74) is 5.45. The second-order valence-electron chi connectivity index (χ2n) is 16.5. The van der Waals surface area contributed by atoms with Gasteiger partial charge in [0, 0.05) is 0 Å². The van der Waals surface area contributed by atoms with Gasteiger partial charge in [-0.2, -0.15) is 0 Å². The highest BCUT2D eigenvalue weighted by Crippen LogP contribution is 2.35. The van der Waals surface area contributed by atoms with Crippen molar-refractivity contribution in [3.63, 3.8) is 0 Å². The zero-order valence-electron chi connectivity index (χ0n) is 32.4. The molecule has 0 amide bonds. The van der Waals surface area contributed by atoms with Gasteiger partial charge in [-0.05, 0) is 78.5 Å². The quantitative estimate of drug-likeness (QED) is 0.0977. The fourth-order valence-corrected chi connectivity index (χ4v) is 8.74. The van der Waals surface area contributed by atoms with E-state index in [1.807, 2.05) is 0 Å². The zero-order chi connectivity index (χ0) is 34.4. The van der Waals surface area contributed by atoms with E-state index in [0.29, 0.717) is 19.8 Å². The molecular weight excluding hydrogens is 597 g/mol. The van der Waals surface area contributed by atoms with Crippen molar-refractivity contribution >= 4 is 0 Å². The first-order chi connectivity index (χ1) is 24.1. The average Bonchev–Trinajstić information content (AvgIpc) is 3.13. The number of unbranched alkanes of at least 4 members (excludes halogenated alkanes) is 6. The molecule has 2 aliphatic carbocycles. The molecule has 0 aliphatic heterocycles. The molecule has 0 aromatic heterocycles. The molecule has 49 heavy (non-hydrogen) atoms. The topological polar surface area (TPSA) is 18.5 Å². The Labute approximate surface area is 303 Å². The maximum Gasteiger partial charge on any atom is 0.0785 e. The van der Waals surface area contributed by atoms with Gasteiger partial charge < -0.3 is 9.47 Å². The number of hydrogen-bond acceptors (Lipinski definition) is 2. The van der Waals surface area contributed by atoms with Gasteiger partial charge in [0.15, 0.2) is 0 Å². The highest BCUT2D eigenvalue weighted by atomic mass is 16.5. The average molecular weight is 673 g/mol. The van der Waals surface area contributed by atoms with Crippen LogP contribution in [0.15, 0.2) is 48.5 Å². The van der Waals surface area contributed by atoms with Crippen molar-refractivity contribution in [1.82, 2.24) is 0 Å². The SMILES string of the molecule is CCCCC[C@H]1CC[C@H](CCCCc2ccc(COC[C@@H](C)OCc3ccc(CCCC[C@H]4CC[C@H](CCCCC)CC4)cc3)cc2)CC1. The van der Waals surface area contributed by atoms with Crippen molar-refractivity contribution in [3.8, 4) is 0 Å². The van der Waals surface area contributed by atoms with Crippen molar-refractivity contribution in [2.24, 2.45) is 23.7 Å². The second-order valence-corrected chi connectivity index (χ2v) is 16.5. The van der Waals surface area contributed by atoms with Crippen LogP contribution in [0.25, 0.3) is 0 Å². The third-order valence-corrected chi connectivity index (χ3v) is 12.2. The van der Waals surface area contributed by atoms with Crippen LogP contribution in [0.2, 0.25) is 0 Å². The minimum Gasteiger partial charge on any atom is -0.374 e. The lowest BCUT2D eigenvalue weighted by molar-refractivity contribution is -0.0198. The first-order valence-electron chi connectivity index (χ1n) is 21.5. The van der Waals surface area contributed by atoms with E-state index in [1.54, 1.807) is 0 Å². The van der Waals surface area contributed by atoms with E-state index < -0.39 is 0 Å². The molecule has 2 nitrogen and oxygen atoms in total. The van der Waals surface area contributed by atoms with Crippen LogP contribution in [-0.4, -0.2) is 12.7 Å². The number of hydrogen-bond donors (Lipinski definition) is 0. The summed E-state index contributed by atoms with van der Waals surface area (Å²) in [6.07, 6.45) is 34.2. The maximum atomic E-state index is 6.12. The van der Waals surface area contributed by atoms with E-state index in [-0.39, 0.29) is 6.10 Å². The second kappa shape index (κ2) is 24.5. The van der Waals surface area contributed by atoms with Crippen molar-refractivity contribution in [2.75, 3.05) is 6.61 Å². The van der Waals surface area contributed by atoms with Gasteiger partial charge >= 0.3 is 0 Å². The van der Waals surface area contributed by atoms with E-state index >= 15 is 0 Å². The lowest BCUT2D eigenvalue weighted by Crippen LogP contribution is -2.15. The lowest BCUT2D eigenvalue weighted by atomic mass is 9.78. The van der Waals surface area contributed by atoms with Gasteiger partial charge in [-0.3, -0.25) is 0 Å². The molecule has 276 valence electrons. The van der Waals surface area contributed by atoms with Crippen LogP contribution in [-0.2, 0) is 35.5 Å². The lowest BCUT2D eigenvalue weighted by Gasteiger charge is -2.28. The molecule has 4 rings (SSSR count). The summed E-state index contributed by atoms with van der Waals surface area (Å²) < 4.78 is 12.2. The van der Waals surface area contributed by atoms with E-state index in [2.05, 4.69) is 69.3 Å². The molecule has 0 radical (unpaired) electrons. The predicted octanol–water partition coefficient (Wildman–Crippen LogP) is 14.0. The minimum atomic E-state index is 0.0847. The van der Waals surface area contributed by atoms with Crippen LogP contribution >= 0.6 is 0 Å². The molecule has 2 aliphatic rings. The maximum absolute atomic E-state index is 6.12. The first-order valence-corrected chi connectivity index (χ1v) is 21.5. The Balaban J connectivity index is 0.977. The molecule has 0 bridgehead atoms. The largest absolute Gasteiger partial charge is 0.374 e. The van der Waals surface area contributed by atoms with E-state index in [1.165, 1.54) is 176 Å². The molecule has 0 spiro atoms. The third-order valence-electron chi connectivity index (χ3n) is 12.2. The smallest absolute Gasteiger partial charge is 0.0785 e.